The smallest absolute Gasteiger partial charge is 0.316 e. The first-order valence-corrected chi connectivity index (χ1v) is 11.6. The van der Waals surface area contributed by atoms with Crippen molar-refractivity contribution in [1.29, 1.82) is 0 Å². The van der Waals surface area contributed by atoms with Crippen LogP contribution < -0.4 is 15.4 Å². The average molecular weight is 469 g/mol. The summed E-state index contributed by atoms with van der Waals surface area (Å²) in [6, 6.07) is 5.89. The lowest BCUT2D eigenvalue weighted by atomic mass is 10.1. The normalized spacial score (nSPS) is 11.3. The zero-order chi connectivity index (χ0) is 19.6. The standard InChI is InChI=1S/C17H16BrClN5O2P/c1-26-17-21-7-11(8-22-17)10-4-5-13(14(6-10)27(2,3)25)23-15-12(18)9-20-16(19)24-15/h4-9H,1-3H3,(H,20,23,24). The van der Waals surface area contributed by atoms with E-state index in [1.807, 2.05) is 18.2 Å². The molecule has 0 saturated heterocycles. The van der Waals surface area contributed by atoms with Crippen molar-refractivity contribution in [3.8, 4) is 17.1 Å². The van der Waals surface area contributed by atoms with Gasteiger partial charge in [0.2, 0.25) is 5.28 Å². The van der Waals surface area contributed by atoms with E-state index in [0.717, 1.165) is 11.1 Å². The number of benzene rings is 1. The molecule has 0 aliphatic heterocycles. The highest BCUT2D eigenvalue weighted by Gasteiger charge is 2.19. The van der Waals surface area contributed by atoms with E-state index < -0.39 is 7.14 Å². The number of aromatic nitrogens is 4. The average Bonchev–Trinajstić information content (AvgIpc) is 2.64. The molecule has 0 fully saturated rings. The van der Waals surface area contributed by atoms with Gasteiger partial charge in [-0.05, 0) is 58.6 Å². The zero-order valence-corrected chi connectivity index (χ0v) is 18.0. The van der Waals surface area contributed by atoms with Crippen molar-refractivity contribution in [3.05, 3.63) is 46.5 Å². The number of methoxy groups -OCH3 is 1. The SMILES string of the molecule is COc1ncc(-c2ccc(Nc3nc(Cl)ncc3Br)c(P(C)(C)=O)c2)cn1. The van der Waals surface area contributed by atoms with Crippen LogP contribution in [-0.2, 0) is 4.57 Å². The van der Waals surface area contributed by atoms with Gasteiger partial charge in [-0.2, -0.15) is 4.98 Å². The fraction of sp³-hybridized carbons (Fsp3) is 0.176. The highest BCUT2D eigenvalue weighted by atomic mass is 79.9. The molecular formula is C17H16BrClN5O2P. The minimum absolute atomic E-state index is 0.116. The van der Waals surface area contributed by atoms with Crippen LogP contribution in [0.3, 0.4) is 0 Å². The summed E-state index contributed by atoms with van der Waals surface area (Å²) in [4.78, 5) is 16.3. The molecule has 2 aromatic heterocycles. The van der Waals surface area contributed by atoms with E-state index in [1.54, 1.807) is 31.9 Å². The van der Waals surface area contributed by atoms with Crippen LogP contribution in [0.5, 0.6) is 6.01 Å². The summed E-state index contributed by atoms with van der Waals surface area (Å²) in [7, 11) is -1.09. The van der Waals surface area contributed by atoms with Crippen LogP contribution in [0.2, 0.25) is 5.28 Å². The molecule has 0 atom stereocenters. The van der Waals surface area contributed by atoms with E-state index >= 15 is 0 Å². The molecule has 7 nitrogen and oxygen atoms in total. The Labute approximate surface area is 170 Å². The number of hydrogen-bond donors (Lipinski definition) is 1. The Hall–Kier alpha value is -2.02. The molecule has 0 unspecified atom stereocenters. The van der Waals surface area contributed by atoms with Crippen LogP contribution in [0.4, 0.5) is 11.5 Å². The van der Waals surface area contributed by atoms with Crippen LogP contribution in [0.15, 0.2) is 41.3 Å². The number of halogens is 2. The Morgan fingerprint density at radius 3 is 2.44 bits per heavy atom. The van der Waals surface area contributed by atoms with E-state index in [9.17, 15) is 4.57 Å². The van der Waals surface area contributed by atoms with Gasteiger partial charge in [0.15, 0.2) is 0 Å². The Morgan fingerprint density at radius 2 is 1.81 bits per heavy atom. The maximum Gasteiger partial charge on any atom is 0.316 e. The first-order valence-electron chi connectivity index (χ1n) is 7.79. The molecule has 0 aliphatic rings. The van der Waals surface area contributed by atoms with Gasteiger partial charge in [-0.3, -0.25) is 0 Å². The summed E-state index contributed by atoms with van der Waals surface area (Å²) in [5, 5.41) is 3.97. The van der Waals surface area contributed by atoms with Crippen molar-refractivity contribution < 1.29 is 9.30 Å². The lowest BCUT2D eigenvalue weighted by Crippen LogP contribution is -2.11. The van der Waals surface area contributed by atoms with E-state index in [1.165, 1.54) is 7.11 Å². The molecule has 0 saturated carbocycles. The molecule has 140 valence electrons. The highest BCUT2D eigenvalue weighted by Crippen LogP contribution is 2.40. The van der Waals surface area contributed by atoms with Crippen LogP contribution in [0.25, 0.3) is 11.1 Å². The summed E-state index contributed by atoms with van der Waals surface area (Å²) in [5.41, 5.74) is 2.32. The quantitative estimate of drug-likeness (QED) is 0.440. The topological polar surface area (TPSA) is 89.9 Å². The number of rotatable bonds is 5. The number of nitrogens with zero attached hydrogens (tertiary/aromatic N) is 4. The van der Waals surface area contributed by atoms with Crippen LogP contribution in [-0.4, -0.2) is 40.4 Å². The second-order valence-corrected chi connectivity index (χ2v) is 10.4. The van der Waals surface area contributed by atoms with Crippen molar-refractivity contribution >= 4 is 51.5 Å². The third-order valence-corrected chi connectivity index (χ3v) is 5.98. The predicted molar refractivity (Wildman–Crippen MR) is 111 cm³/mol. The van der Waals surface area contributed by atoms with Crippen LogP contribution >= 0.6 is 34.7 Å². The van der Waals surface area contributed by atoms with Crippen molar-refractivity contribution in [2.45, 2.75) is 0 Å². The lowest BCUT2D eigenvalue weighted by Gasteiger charge is -2.17. The molecule has 0 radical (unpaired) electrons. The van der Waals surface area contributed by atoms with Crippen molar-refractivity contribution in [2.75, 3.05) is 25.8 Å². The van der Waals surface area contributed by atoms with Crippen molar-refractivity contribution in [2.24, 2.45) is 0 Å². The van der Waals surface area contributed by atoms with Gasteiger partial charge in [-0.25, -0.2) is 15.0 Å². The molecule has 3 rings (SSSR count). The Kier molecular flexibility index (Phi) is 5.79. The highest BCUT2D eigenvalue weighted by molar-refractivity contribution is 9.10. The van der Waals surface area contributed by atoms with E-state index in [4.69, 9.17) is 16.3 Å². The molecule has 0 spiro atoms. The number of nitrogens with one attached hydrogen (secondary N) is 1. The van der Waals surface area contributed by atoms with Crippen LogP contribution in [0.1, 0.15) is 0 Å². The second kappa shape index (κ2) is 7.92. The molecule has 2 heterocycles. The second-order valence-electron chi connectivity index (χ2n) is 6.00. The number of ether oxygens (including phenoxy) is 1. The molecule has 3 aromatic rings. The van der Waals surface area contributed by atoms with E-state index in [-0.39, 0.29) is 5.28 Å². The monoisotopic (exact) mass is 467 g/mol. The van der Waals surface area contributed by atoms with Gasteiger partial charge in [0.1, 0.15) is 13.0 Å². The van der Waals surface area contributed by atoms with Crippen molar-refractivity contribution in [3.63, 3.8) is 0 Å². The van der Waals surface area contributed by atoms with Gasteiger partial charge in [-0.1, -0.05) is 6.07 Å². The fourth-order valence-corrected chi connectivity index (χ4v) is 3.98. The largest absolute Gasteiger partial charge is 0.467 e. The summed E-state index contributed by atoms with van der Waals surface area (Å²) >= 11 is 9.26. The van der Waals surface area contributed by atoms with Gasteiger partial charge in [0.05, 0.1) is 17.3 Å². The molecule has 1 aromatic carbocycles. The third kappa shape index (κ3) is 4.64. The van der Waals surface area contributed by atoms with Gasteiger partial charge in [0, 0.05) is 29.5 Å². The maximum absolute atomic E-state index is 12.9. The molecule has 27 heavy (non-hydrogen) atoms. The molecule has 10 heteroatoms. The summed E-state index contributed by atoms with van der Waals surface area (Å²) in [5.74, 6) is 0.491. The van der Waals surface area contributed by atoms with Crippen LogP contribution in [0, 0.1) is 0 Å². The summed E-state index contributed by atoms with van der Waals surface area (Å²) in [6.45, 7) is 3.42. The van der Waals surface area contributed by atoms with Gasteiger partial charge in [-0.15, -0.1) is 0 Å². The van der Waals surface area contributed by atoms with Crippen molar-refractivity contribution in [1.82, 2.24) is 19.9 Å². The maximum atomic E-state index is 12.9. The molecule has 0 bridgehead atoms. The van der Waals surface area contributed by atoms with Gasteiger partial charge >= 0.3 is 6.01 Å². The van der Waals surface area contributed by atoms with E-state index in [0.29, 0.717) is 27.3 Å². The number of hydrogen-bond acceptors (Lipinski definition) is 7. The molecule has 0 aliphatic carbocycles. The Balaban J connectivity index is 2.04. The number of anilines is 2. The summed E-state index contributed by atoms with van der Waals surface area (Å²) < 4.78 is 18.5. The Morgan fingerprint density at radius 1 is 1.11 bits per heavy atom. The third-order valence-electron chi connectivity index (χ3n) is 3.69. The Bertz CT molecular complexity index is 1030. The first kappa shape index (κ1) is 19.7. The fourth-order valence-electron chi connectivity index (χ4n) is 2.39. The molecule has 0 amide bonds. The summed E-state index contributed by atoms with van der Waals surface area (Å²) in [6.07, 6.45) is 4.88. The minimum atomic E-state index is -2.60. The molecule has 1 N–H and O–H groups in total. The minimum Gasteiger partial charge on any atom is -0.467 e. The molecular weight excluding hydrogens is 453 g/mol. The van der Waals surface area contributed by atoms with E-state index in [2.05, 4.69) is 41.2 Å². The lowest BCUT2D eigenvalue weighted by molar-refractivity contribution is 0.380. The first-order chi connectivity index (χ1) is 12.8. The zero-order valence-electron chi connectivity index (χ0n) is 14.8. The predicted octanol–water partition coefficient (Wildman–Crippen LogP) is 4.35. The van der Waals surface area contributed by atoms with Gasteiger partial charge < -0.3 is 14.6 Å². The van der Waals surface area contributed by atoms with Gasteiger partial charge in [0.25, 0.3) is 0 Å².